The maximum absolute atomic E-state index is 11.6. The van der Waals surface area contributed by atoms with Gasteiger partial charge in [-0.25, -0.2) is 9.48 Å². The monoisotopic (exact) mass is 222 g/mol. The van der Waals surface area contributed by atoms with E-state index >= 15 is 0 Å². The van der Waals surface area contributed by atoms with Gasteiger partial charge in [-0.1, -0.05) is 0 Å². The van der Waals surface area contributed by atoms with Crippen LogP contribution in [0.2, 0.25) is 0 Å². The van der Waals surface area contributed by atoms with Gasteiger partial charge in [0, 0.05) is 12.0 Å². The van der Waals surface area contributed by atoms with Crippen molar-refractivity contribution in [1.29, 1.82) is 0 Å². The summed E-state index contributed by atoms with van der Waals surface area (Å²) in [5.74, 6) is -0.000700. The van der Waals surface area contributed by atoms with Gasteiger partial charge in [0.25, 0.3) is 5.56 Å². The number of carbonyl (C=O) groups excluding carboxylic acids is 1. The number of carbonyl (C=O) groups is 1. The Bertz CT molecular complexity index is 463. The van der Waals surface area contributed by atoms with E-state index in [1.165, 1.54) is 17.9 Å². The highest BCUT2D eigenvalue weighted by Gasteiger charge is 2.27. The zero-order valence-corrected chi connectivity index (χ0v) is 9.34. The molecule has 0 unspecified atom stereocenters. The molecule has 2 rings (SSSR count). The van der Waals surface area contributed by atoms with Crippen LogP contribution >= 0.6 is 0 Å². The van der Waals surface area contributed by atoms with Crippen LogP contribution in [0.1, 0.15) is 37.4 Å². The summed E-state index contributed by atoms with van der Waals surface area (Å²) >= 11 is 0. The smallest absolute Gasteiger partial charge is 0.330 e. The summed E-state index contributed by atoms with van der Waals surface area (Å²) in [4.78, 5) is 22.9. The van der Waals surface area contributed by atoms with E-state index in [-0.39, 0.29) is 5.56 Å². The standard InChI is InChI=1S/C11H14N2O3/c1-7(11(15)16-2)13-10(14)6-5-9(12-13)8-3-4-8/h5-8H,3-4H2,1-2H3/t7-/m0/s1. The molecule has 0 saturated heterocycles. The average molecular weight is 222 g/mol. The van der Waals surface area contributed by atoms with Crippen LogP contribution in [-0.4, -0.2) is 22.9 Å². The lowest BCUT2D eigenvalue weighted by Crippen LogP contribution is -2.31. The SMILES string of the molecule is COC(=O)[C@H](C)n1nc(C2CC2)ccc1=O. The van der Waals surface area contributed by atoms with E-state index in [1.807, 2.05) is 0 Å². The largest absolute Gasteiger partial charge is 0.467 e. The summed E-state index contributed by atoms with van der Waals surface area (Å²) in [6, 6.07) is 2.52. The predicted molar refractivity (Wildman–Crippen MR) is 57.2 cm³/mol. The van der Waals surface area contributed by atoms with Gasteiger partial charge in [0.05, 0.1) is 12.8 Å². The van der Waals surface area contributed by atoms with Crippen molar-refractivity contribution >= 4 is 5.97 Å². The van der Waals surface area contributed by atoms with Gasteiger partial charge < -0.3 is 4.74 Å². The van der Waals surface area contributed by atoms with Crippen molar-refractivity contribution in [2.45, 2.75) is 31.7 Å². The van der Waals surface area contributed by atoms with Crippen LogP contribution in [0, 0.1) is 0 Å². The molecule has 1 saturated carbocycles. The molecule has 0 amide bonds. The maximum atomic E-state index is 11.6. The Morgan fingerprint density at radius 1 is 1.56 bits per heavy atom. The van der Waals surface area contributed by atoms with Gasteiger partial charge in [-0.2, -0.15) is 5.10 Å². The third-order valence-corrected chi connectivity index (χ3v) is 2.75. The van der Waals surface area contributed by atoms with Crippen LogP contribution in [0.15, 0.2) is 16.9 Å². The van der Waals surface area contributed by atoms with E-state index in [0.717, 1.165) is 18.5 Å². The second kappa shape index (κ2) is 4.08. The van der Waals surface area contributed by atoms with E-state index in [0.29, 0.717) is 5.92 Å². The first kappa shape index (κ1) is 10.9. The second-order valence-corrected chi connectivity index (χ2v) is 4.01. The van der Waals surface area contributed by atoms with Crippen molar-refractivity contribution in [1.82, 2.24) is 9.78 Å². The fourth-order valence-electron chi connectivity index (χ4n) is 1.58. The molecule has 1 aliphatic carbocycles. The Morgan fingerprint density at radius 3 is 2.81 bits per heavy atom. The van der Waals surface area contributed by atoms with Crippen LogP contribution in [0.4, 0.5) is 0 Å². The van der Waals surface area contributed by atoms with Crippen molar-refractivity contribution < 1.29 is 9.53 Å². The quantitative estimate of drug-likeness (QED) is 0.711. The van der Waals surface area contributed by atoms with Gasteiger partial charge in [-0.15, -0.1) is 0 Å². The molecular formula is C11H14N2O3. The zero-order chi connectivity index (χ0) is 11.7. The molecule has 0 N–H and O–H groups in total. The minimum absolute atomic E-state index is 0.276. The fourth-order valence-corrected chi connectivity index (χ4v) is 1.58. The van der Waals surface area contributed by atoms with Gasteiger partial charge in [0.15, 0.2) is 6.04 Å². The van der Waals surface area contributed by atoms with Crippen molar-refractivity contribution in [2.75, 3.05) is 7.11 Å². The van der Waals surface area contributed by atoms with Gasteiger partial charge in [0.2, 0.25) is 0 Å². The van der Waals surface area contributed by atoms with Gasteiger partial charge in [-0.3, -0.25) is 4.79 Å². The number of esters is 1. The van der Waals surface area contributed by atoms with Gasteiger partial charge in [0.1, 0.15) is 0 Å². The normalized spacial score (nSPS) is 16.9. The van der Waals surface area contributed by atoms with E-state index in [2.05, 4.69) is 9.84 Å². The summed E-state index contributed by atoms with van der Waals surface area (Å²) < 4.78 is 5.79. The topological polar surface area (TPSA) is 61.2 Å². The molecule has 1 heterocycles. The summed E-state index contributed by atoms with van der Waals surface area (Å²) in [6.07, 6.45) is 2.22. The minimum Gasteiger partial charge on any atom is -0.467 e. The molecule has 86 valence electrons. The summed E-state index contributed by atoms with van der Waals surface area (Å²) in [5, 5.41) is 4.21. The number of aromatic nitrogens is 2. The molecule has 0 bridgehead atoms. The van der Waals surface area contributed by atoms with Crippen LogP contribution in [0.25, 0.3) is 0 Å². The molecule has 1 aromatic heterocycles. The highest BCUT2D eigenvalue weighted by Crippen LogP contribution is 2.38. The third kappa shape index (κ3) is 1.98. The lowest BCUT2D eigenvalue weighted by atomic mass is 10.2. The molecule has 1 fully saturated rings. The lowest BCUT2D eigenvalue weighted by molar-refractivity contribution is -0.144. The van der Waals surface area contributed by atoms with Crippen LogP contribution < -0.4 is 5.56 Å². The molecule has 1 atom stereocenters. The third-order valence-electron chi connectivity index (χ3n) is 2.75. The highest BCUT2D eigenvalue weighted by molar-refractivity contribution is 5.73. The fraction of sp³-hybridized carbons (Fsp3) is 0.545. The number of hydrogen-bond donors (Lipinski definition) is 0. The van der Waals surface area contributed by atoms with Crippen LogP contribution in [0.5, 0.6) is 0 Å². The first-order chi connectivity index (χ1) is 7.63. The van der Waals surface area contributed by atoms with Crippen molar-refractivity contribution in [3.05, 3.63) is 28.2 Å². The first-order valence-corrected chi connectivity index (χ1v) is 5.31. The molecule has 0 aliphatic heterocycles. The van der Waals surface area contributed by atoms with E-state index in [9.17, 15) is 9.59 Å². The Labute approximate surface area is 93.0 Å². The van der Waals surface area contributed by atoms with E-state index in [4.69, 9.17) is 0 Å². The Balaban J connectivity index is 2.34. The second-order valence-electron chi connectivity index (χ2n) is 4.01. The molecule has 1 aliphatic rings. The van der Waals surface area contributed by atoms with Crippen molar-refractivity contribution in [2.24, 2.45) is 0 Å². The number of hydrogen-bond acceptors (Lipinski definition) is 4. The first-order valence-electron chi connectivity index (χ1n) is 5.31. The Kier molecular flexibility index (Phi) is 2.77. The minimum atomic E-state index is -0.670. The van der Waals surface area contributed by atoms with Crippen LogP contribution in [0.3, 0.4) is 0 Å². The Hall–Kier alpha value is -1.65. The zero-order valence-electron chi connectivity index (χ0n) is 9.34. The molecule has 16 heavy (non-hydrogen) atoms. The predicted octanol–water partition coefficient (Wildman–Crippen LogP) is 0.855. The van der Waals surface area contributed by atoms with E-state index < -0.39 is 12.0 Å². The number of rotatable bonds is 3. The molecule has 5 heteroatoms. The molecule has 0 radical (unpaired) electrons. The number of methoxy groups -OCH3 is 1. The van der Waals surface area contributed by atoms with E-state index in [1.54, 1.807) is 13.0 Å². The average Bonchev–Trinajstić information content (AvgIpc) is 3.11. The number of nitrogens with zero attached hydrogens (tertiary/aromatic N) is 2. The summed E-state index contributed by atoms with van der Waals surface area (Å²) in [5.41, 5.74) is 0.609. The Morgan fingerprint density at radius 2 is 2.25 bits per heavy atom. The highest BCUT2D eigenvalue weighted by atomic mass is 16.5. The summed E-state index contributed by atoms with van der Waals surface area (Å²) in [6.45, 7) is 1.61. The lowest BCUT2D eigenvalue weighted by Gasteiger charge is -2.12. The molecular weight excluding hydrogens is 208 g/mol. The van der Waals surface area contributed by atoms with Crippen molar-refractivity contribution in [3.8, 4) is 0 Å². The van der Waals surface area contributed by atoms with Crippen LogP contribution in [-0.2, 0) is 9.53 Å². The van der Waals surface area contributed by atoms with Crippen molar-refractivity contribution in [3.63, 3.8) is 0 Å². The maximum Gasteiger partial charge on any atom is 0.330 e. The van der Waals surface area contributed by atoms with Gasteiger partial charge >= 0.3 is 5.97 Å². The molecule has 5 nitrogen and oxygen atoms in total. The molecule has 0 aromatic carbocycles. The summed E-state index contributed by atoms with van der Waals surface area (Å²) in [7, 11) is 1.30. The van der Waals surface area contributed by atoms with Gasteiger partial charge in [-0.05, 0) is 25.8 Å². The number of ether oxygens (including phenoxy) is 1. The molecule has 0 spiro atoms. The molecule has 1 aromatic rings.